The quantitative estimate of drug-likeness (QED) is 0.668. The van der Waals surface area contributed by atoms with Crippen molar-refractivity contribution in [3.63, 3.8) is 0 Å². The molecule has 0 aromatic carbocycles. The second-order valence-corrected chi connectivity index (χ2v) is 4.81. The predicted octanol–water partition coefficient (Wildman–Crippen LogP) is 3.69. The van der Waals surface area contributed by atoms with Gasteiger partial charge in [0, 0.05) is 4.88 Å². The van der Waals surface area contributed by atoms with E-state index in [1.165, 1.54) is 15.6 Å². The Bertz CT molecular complexity index is 286. The van der Waals surface area contributed by atoms with Crippen LogP contribution < -0.4 is 0 Å². The number of nitrogens with zero attached hydrogens (tertiary/aromatic N) is 1. The summed E-state index contributed by atoms with van der Waals surface area (Å²) in [6.45, 7) is 10.2. The first kappa shape index (κ1) is 10.5. The summed E-state index contributed by atoms with van der Waals surface area (Å²) in [5, 5.41) is 1.18. The molecule has 1 heterocycles. The van der Waals surface area contributed by atoms with Crippen molar-refractivity contribution in [2.75, 3.05) is 0 Å². The minimum Gasteiger partial charge on any atom is -0.246 e. The first-order valence-corrected chi connectivity index (χ1v) is 5.54. The zero-order chi connectivity index (χ0) is 9.84. The molecule has 0 fully saturated rings. The van der Waals surface area contributed by atoms with Crippen LogP contribution in [0.1, 0.15) is 41.8 Å². The Morgan fingerprint density at radius 3 is 2.77 bits per heavy atom. The van der Waals surface area contributed by atoms with Crippen LogP contribution in [0.5, 0.6) is 0 Å². The van der Waals surface area contributed by atoms with Gasteiger partial charge in [-0.2, -0.15) is 0 Å². The van der Waals surface area contributed by atoms with Crippen LogP contribution in [-0.4, -0.2) is 4.98 Å². The standard InChI is InChI=1S/C11H17NS/c1-5-6-7-10-11(8(2)3)12-9(4)13-10/h5,8H,1,6-7H2,2-4H3. The van der Waals surface area contributed by atoms with Crippen molar-refractivity contribution in [1.29, 1.82) is 0 Å². The van der Waals surface area contributed by atoms with Gasteiger partial charge in [-0.1, -0.05) is 19.9 Å². The number of rotatable bonds is 4. The highest BCUT2D eigenvalue weighted by Gasteiger charge is 2.10. The Morgan fingerprint density at radius 2 is 2.23 bits per heavy atom. The molecule has 0 atom stereocenters. The van der Waals surface area contributed by atoms with Gasteiger partial charge in [-0.25, -0.2) is 4.98 Å². The summed E-state index contributed by atoms with van der Waals surface area (Å²) in [4.78, 5) is 5.98. The molecule has 0 aliphatic carbocycles. The van der Waals surface area contributed by atoms with Crippen molar-refractivity contribution >= 4 is 11.3 Å². The third-order valence-corrected chi connectivity index (χ3v) is 3.00. The zero-order valence-electron chi connectivity index (χ0n) is 8.63. The summed E-state index contributed by atoms with van der Waals surface area (Å²) in [6.07, 6.45) is 4.13. The molecule has 0 bridgehead atoms. The highest BCUT2D eigenvalue weighted by atomic mass is 32.1. The minimum atomic E-state index is 0.546. The summed E-state index contributed by atoms with van der Waals surface area (Å²) < 4.78 is 0. The molecule has 0 saturated heterocycles. The zero-order valence-corrected chi connectivity index (χ0v) is 9.45. The van der Waals surface area contributed by atoms with Gasteiger partial charge >= 0.3 is 0 Å². The largest absolute Gasteiger partial charge is 0.246 e. The number of hydrogen-bond donors (Lipinski definition) is 0. The van der Waals surface area contributed by atoms with Gasteiger partial charge in [0.2, 0.25) is 0 Å². The number of aromatic nitrogens is 1. The Morgan fingerprint density at radius 1 is 1.54 bits per heavy atom. The molecule has 0 radical (unpaired) electrons. The molecular weight excluding hydrogens is 178 g/mol. The van der Waals surface area contributed by atoms with E-state index < -0.39 is 0 Å². The molecular formula is C11H17NS. The van der Waals surface area contributed by atoms with E-state index >= 15 is 0 Å². The molecule has 0 unspecified atom stereocenters. The first-order valence-electron chi connectivity index (χ1n) is 4.72. The lowest BCUT2D eigenvalue weighted by atomic mass is 10.1. The van der Waals surface area contributed by atoms with Gasteiger partial charge in [0.1, 0.15) is 0 Å². The van der Waals surface area contributed by atoms with Crippen molar-refractivity contribution in [2.24, 2.45) is 0 Å². The van der Waals surface area contributed by atoms with Gasteiger partial charge in [-0.15, -0.1) is 17.9 Å². The molecule has 0 aliphatic rings. The van der Waals surface area contributed by atoms with Crippen molar-refractivity contribution in [3.8, 4) is 0 Å². The highest BCUT2D eigenvalue weighted by molar-refractivity contribution is 7.11. The number of aryl methyl sites for hydroxylation is 2. The maximum Gasteiger partial charge on any atom is 0.0900 e. The third-order valence-electron chi connectivity index (χ3n) is 1.96. The maximum absolute atomic E-state index is 4.55. The van der Waals surface area contributed by atoms with Crippen LogP contribution in [0.3, 0.4) is 0 Å². The number of allylic oxidation sites excluding steroid dienone is 1. The van der Waals surface area contributed by atoms with E-state index in [4.69, 9.17) is 0 Å². The van der Waals surface area contributed by atoms with Gasteiger partial charge in [0.15, 0.2) is 0 Å². The summed E-state index contributed by atoms with van der Waals surface area (Å²) in [5.74, 6) is 0.546. The van der Waals surface area contributed by atoms with Crippen molar-refractivity contribution in [1.82, 2.24) is 4.98 Å². The van der Waals surface area contributed by atoms with E-state index in [1.807, 2.05) is 17.4 Å². The Kier molecular flexibility index (Phi) is 3.67. The average molecular weight is 195 g/mol. The fourth-order valence-corrected chi connectivity index (χ4v) is 2.46. The highest BCUT2D eigenvalue weighted by Crippen LogP contribution is 2.25. The summed E-state index contributed by atoms with van der Waals surface area (Å²) in [5.41, 5.74) is 1.28. The lowest BCUT2D eigenvalue weighted by molar-refractivity contribution is 0.806. The average Bonchev–Trinajstić information content (AvgIpc) is 2.43. The maximum atomic E-state index is 4.55. The molecule has 0 N–H and O–H groups in total. The monoisotopic (exact) mass is 195 g/mol. The van der Waals surface area contributed by atoms with Crippen molar-refractivity contribution < 1.29 is 0 Å². The summed E-state index contributed by atoms with van der Waals surface area (Å²) in [7, 11) is 0. The van der Waals surface area contributed by atoms with E-state index in [2.05, 4.69) is 32.3 Å². The van der Waals surface area contributed by atoms with Crippen LogP contribution >= 0.6 is 11.3 Å². The smallest absolute Gasteiger partial charge is 0.0900 e. The normalized spacial score (nSPS) is 10.8. The molecule has 1 aromatic heterocycles. The molecule has 1 aromatic rings. The van der Waals surface area contributed by atoms with Crippen LogP contribution in [0, 0.1) is 6.92 Å². The third kappa shape index (κ3) is 2.66. The fourth-order valence-electron chi connectivity index (χ4n) is 1.35. The summed E-state index contributed by atoms with van der Waals surface area (Å²) in [6, 6.07) is 0. The molecule has 1 rings (SSSR count). The Hall–Kier alpha value is -0.630. The molecule has 72 valence electrons. The van der Waals surface area contributed by atoms with Gasteiger partial charge < -0.3 is 0 Å². The van der Waals surface area contributed by atoms with E-state index in [0.29, 0.717) is 5.92 Å². The lowest BCUT2D eigenvalue weighted by Gasteiger charge is -2.03. The van der Waals surface area contributed by atoms with Gasteiger partial charge in [0.05, 0.1) is 10.7 Å². The number of hydrogen-bond acceptors (Lipinski definition) is 2. The van der Waals surface area contributed by atoms with Crippen LogP contribution in [0.25, 0.3) is 0 Å². The van der Waals surface area contributed by atoms with Crippen LogP contribution in [0.4, 0.5) is 0 Å². The van der Waals surface area contributed by atoms with E-state index in [1.54, 1.807) is 0 Å². The first-order chi connectivity index (χ1) is 6.15. The second kappa shape index (κ2) is 4.56. The minimum absolute atomic E-state index is 0.546. The van der Waals surface area contributed by atoms with Crippen LogP contribution in [-0.2, 0) is 6.42 Å². The Labute approximate surface area is 84.5 Å². The molecule has 13 heavy (non-hydrogen) atoms. The molecule has 0 saturated carbocycles. The SMILES string of the molecule is C=CCCc1sc(C)nc1C(C)C. The van der Waals surface area contributed by atoms with Crippen molar-refractivity contribution in [3.05, 3.63) is 28.2 Å². The van der Waals surface area contributed by atoms with Crippen LogP contribution in [0.15, 0.2) is 12.7 Å². The predicted molar refractivity (Wildman–Crippen MR) is 59.5 cm³/mol. The second-order valence-electron chi connectivity index (χ2n) is 3.52. The van der Waals surface area contributed by atoms with Gasteiger partial charge in [-0.05, 0) is 25.7 Å². The summed E-state index contributed by atoms with van der Waals surface area (Å²) >= 11 is 1.82. The number of thiazole rings is 1. The van der Waals surface area contributed by atoms with Gasteiger partial charge in [-0.3, -0.25) is 0 Å². The Balaban J connectivity index is 2.84. The van der Waals surface area contributed by atoms with E-state index in [9.17, 15) is 0 Å². The molecule has 0 spiro atoms. The molecule has 2 heteroatoms. The van der Waals surface area contributed by atoms with E-state index in [-0.39, 0.29) is 0 Å². The molecule has 0 aliphatic heterocycles. The lowest BCUT2D eigenvalue weighted by Crippen LogP contribution is -1.93. The fraction of sp³-hybridized carbons (Fsp3) is 0.545. The van der Waals surface area contributed by atoms with Crippen molar-refractivity contribution in [2.45, 2.75) is 39.5 Å². The van der Waals surface area contributed by atoms with Gasteiger partial charge in [0.25, 0.3) is 0 Å². The van der Waals surface area contributed by atoms with E-state index in [0.717, 1.165) is 12.8 Å². The topological polar surface area (TPSA) is 12.9 Å². The molecule has 0 amide bonds. The van der Waals surface area contributed by atoms with Crippen LogP contribution in [0.2, 0.25) is 0 Å². The molecule has 1 nitrogen and oxygen atoms in total.